The summed E-state index contributed by atoms with van der Waals surface area (Å²) in [6, 6.07) is 4.52. The van der Waals surface area contributed by atoms with Crippen molar-refractivity contribution in [1.82, 2.24) is 0 Å². The number of Topliss-reactive ketones (excluding diaryl/α,β-unsaturated/α-hetero) is 1. The van der Waals surface area contributed by atoms with Gasteiger partial charge in [-0.1, -0.05) is 6.07 Å². The first-order valence-electron chi connectivity index (χ1n) is 5.12. The number of aryl methyl sites for hydroxylation is 1. The van der Waals surface area contributed by atoms with Gasteiger partial charge >= 0.3 is 0 Å². The predicted octanol–water partition coefficient (Wildman–Crippen LogP) is 1.91. The fourth-order valence-corrected chi connectivity index (χ4v) is 1.89. The molecule has 0 radical (unpaired) electrons. The third-order valence-corrected chi connectivity index (χ3v) is 2.83. The molecule has 5 heteroatoms. The second-order valence-electron chi connectivity index (χ2n) is 3.94. The number of hydrogen-bond donors (Lipinski definition) is 1. The third-order valence-electron chi connectivity index (χ3n) is 2.83. The van der Waals surface area contributed by atoms with Crippen molar-refractivity contribution in [2.45, 2.75) is 25.8 Å². The molecule has 1 aliphatic heterocycles. The van der Waals surface area contributed by atoms with Gasteiger partial charge in [0.2, 0.25) is 0 Å². The first kappa shape index (κ1) is 10.6. The Hall–Kier alpha value is -1.91. The fraction of sp³-hybridized carbons (Fsp3) is 0.364. The Morgan fingerprint density at radius 3 is 2.94 bits per heavy atom. The normalized spacial score (nSPS) is 18.4. The highest BCUT2D eigenvalue weighted by Gasteiger charge is 2.22. The summed E-state index contributed by atoms with van der Waals surface area (Å²) in [7, 11) is 0. The quantitative estimate of drug-likeness (QED) is 0.610. The first-order chi connectivity index (χ1) is 7.58. The van der Waals surface area contributed by atoms with Crippen LogP contribution in [0, 0.1) is 10.1 Å². The highest BCUT2D eigenvalue weighted by molar-refractivity contribution is 5.85. The van der Waals surface area contributed by atoms with Crippen LogP contribution in [0.2, 0.25) is 0 Å². The Kier molecular flexibility index (Phi) is 2.60. The number of carbonyl (C=O) groups excluding carboxylic acids is 1. The molecule has 0 fully saturated rings. The summed E-state index contributed by atoms with van der Waals surface area (Å²) >= 11 is 0. The van der Waals surface area contributed by atoms with Crippen molar-refractivity contribution in [2.75, 3.05) is 5.32 Å². The lowest BCUT2D eigenvalue weighted by atomic mass is 9.96. The molecule has 1 aliphatic rings. The summed E-state index contributed by atoms with van der Waals surface area (Å²) in [6.07, 6.45) is 1.53. The van der Waals surface area contributed by atoms with Gasteiger partial charge in [-0.15, -0.1) is 0 Å². The molecule has 1 heterocycles. The lowest BCUT2D eigenvalue weighted by Crippen LogP contribution is -2.31. The predicted molar refractivity (Wildman–Crippen MR) is 59.5 cm³/mol. The van der Waals surface area contributed by atoms with Crippen LogP contribution in [0.5, 0.6) is 0 Å². The number of fused-ring (bicyclic) bond motifs is 1. The Labute approximate surface area is 92.6 Å². The minimum atomic E-state index is -0.431. The van der Waals surface area contributed by atoms with Crippen LogP contribution in [0.25, 0.3) is 0 Å². The van der Waals surface area contributed by atoms with Gasteiger partial charge < -0.3 is 5.32 Å². The first-order valence-corrected chi connectivity index (χ1v) is 5.12. The van der Waals surface area contributed by atoms with E-state index in [-0.39, 0.29) is 17.5 Å². The van der Waals surface area contributed by atoms with Gasteiger partial charge in [-0.25, -0.2) is 0 Å². The minimum Gasteiger partial charge on any atom is -0.375 e. The zero-order valence-electron chi connectivity index (χ0n) is 8.90. The number of anilines is 1. The average molecular weight is 220 g/mol. The van der Waals surface area contributed by atoms with E-state index in [1.54, 1.807) is 6.07 Å². The van der Waals surface area contributed by atoms with E-state index in [4.69, 9.17) is 0 Å². The van der Waals surface area contributed by atoms with Crippen LogP contribution in [-0.2, 0) is 11.2 Å². The van der Waals surface area contributed by atoms with Gasteiger partial charge in [-0.05, 0) is 25.3 Å². The number of nitrogens with zero attached hydrogens (tertiary/aromatic N) is 1. The van der Waals surface area contributed by atoms with Crippen molar-refractivity contribution in [1.29, 1.82) is 0 Å². The number of nitrogens with one attached hydrogen (secondary N) is 1. The summed E-state index contributed by atoms with van der Waals surface area (Å²) in [5.41, 5.74) is 1.79. The molecular weight excluding hydrogens is 208 g/mol. The maximum atomic E-state index is 11.2. The zero-order chi connectivity index (χ0) is 11.7. The Morgan fingerprint density at radius 2 is 2.31 bits per heavy atom. The molecule has 0 spiro atoms. The van der Waals surface area contributed by atoms with E-state index < -0.39 is 4.92 Å². The van der Waals surface area contributed by atoms with Gasteiger partial charge in [0.1, 0.15) is 0 Å². The van der Waals surface area contributed by atoms with E-state index in [1.165, 1.54) is 19.1 Å². The maximum Gasteiger partial charge on any atom is 0.271 e. The largest absolute Gasteiger partial charge is 0.375 e. The van der Waals surface area contributed by atoms with Gasteiger partial charge in [-0.2, -0.15) is 0 Å². The van der Waals surface area contributed by atoms with Gasteiger partial charge in [0.15, 0.2) is 5.78 Å². The van der Waals surface area contributed by atoms with Crippen LogP contribution in [0.3, 0.4) is 0 Å². The van der Waals surface area contributed by atoms with Crippen LogP contribution in [0.1, 0.15) is 18.9 Å². The van der Waals surface area contributed by atoms with Crippen LogP contribution >= 0.6 is 0 Å². The topological polar surface area (TPSA) is 72.2 Å². The lowest BCUT2D eigenvalue weighted by Gasteiger charge is -2.24. The van der Waals surface area contributed by atoms with Crippen molar-refractivity contribution >= 4 is 17.2 Å². The molecule has 84 valence electrons. The minimum absolute atomic E-state index is 0.0513. The van der Waals surface area contributed by atoms with Crippen LogP contribution in [0.4, 0.5) is 11.4 Å². The molecule has 0 saturated carbocycles. The van der Waals surface area contributed by atoms with E-state index in [2.05, 4.69) is 5.32 Å². The highest BCUT2D eigenvalue weighted by atomic mass is 16.6. The van der Waals surface area contributed by atoms with Gasteiger partial charge in [-0.3, -0.25) is 14.9 Å². The molecule has 1 atom stereocenters. The molecule has 5 nitrogen and oxygen atoms in total. The SMILES string of the molecule is CC(=O)C1CCc2ccc([N+](=O)[O-])cc2N1. The highest BCUT2D eigenvalue weighted by Crippen LogP contribution is 2.28. The summed E-state index contributed by atoms with van der Waals surface area (Å²) < 4.78 is 0. The smallest absolute Gasteiger partial charge is 0.271 e. The van der Waals surface area contributed by atoms with E-state index in [0.717, 1.165) is 18.4 Å². The summed E-state index contributed by atoms with van der Waals surface area (Å²) in [6.45, 7) is 1.53. The van der Waals surface area contributed by atoms with E-state index in [0.29, 0.717) is 5.69 Å². The molecule has 0 bridgehead atoms. The lowest BCUT2D eigenvalue weighted by molar-refractivity contribution is -0.384. The van der Waals surface area contributed by atoms with Crippen LogP contribution < -0.4 is 5.32 Å². The van der Waals surface area contributed by atoms with E-state index in [1.807, 2.05) is 0 Å². The molecule has 2 rings (SSSR count). The molecule has 1 N–H and O–H groups in total. The molecule has 0 aromatic heterocycles. The Bertz CT molecular complexity index is 457. The standard InChI is InChI=1S/C11H12N2O3/c1-7(14)10-5-3-8-2-4-9(13(15)16)6-11(8)12-10/h2,4,6,10,12H,3,5H2,1H3. The summed E-state index contributed by atoms with van der Waals surface area (Å²) in [5, 5.41) is 13.7. The molecular formula is C11H12N2O3. The van der Waals surface area contributed by atoms with E-state index >= 15 is 0 Å². The number of non-ortho nitro benzene ring substituents is 1. The van der Waals surface area contributed by atoms with Crippen molar-refractivity contribution in [3.05, 3.63) is 33.9 Å². The average Bonchev–Trinajstić information content (AvgIpc) is 2.27. The van der Waals surface area contributed by atoms with Crippen LogP contribution in [0.15, 0.2) is 18.2 Å². The molecule has 0 aliphatic carbocycles. The number of ketones is 1. The Morgan fingerprint density at radius 1 is 1.56 bits per heavy atom. The number of hydrogen-bond acceptors (Lipinski definition) is 4. The van der Waals surface area contributed by atoms with Gasteiger partial charge in [0, 0.05) is 17.8 Å². The second-order valence-corrected chi connectivity index (χ2v) is 3.94. The zero-order valence-corrected chi connectivity index (χ0v) is 8.90. The summed E-state index contributed by atoms with van der Waals surface area (Å²) in [4.78, 5) is 21.4. The summed E-state index contributed by atoms with van der Waals surface area (Å²) in [5.74, 6) is 0.0668. The molecule has 1 aromatic carbocycles. The van der Waals surface area contributed by atoms with Crippen molar-refractivity contribution in [2.24, 2.45) is 0 Å². The van der Waals surface area contributed by atoms with Gasteiger partial charge in [0.05, 0.1) is 11.0 Å². The molecule has 1 aromatic rings. The maximum absolute atomic E-state index is 11.2. The number of carbonyl (C=O) groups is 1. The monoisotopic (exact) mass is 220 g/mol. The number of rotatable bonds is 2. The van der Waals surface area contributed by atoms with Crippen molar-refractivity contribution < 1.29 is 9.72 Å². The molecule has 0 saturated heterocycles. The number of benzene rings is 1. The molecule has 1 unspecified atom stereocenters. The van der Waals surface area contributed by atoms with E-state index in [9.17, 15) is 14.9 Å². The number of nitro benzene ring substituents is 1. The van der Waals surface area contributed by atoms with Crippen LogP contribution in [-0.4, -0.2) is 16.7 Å². The fourth-order valence-electron chi connectivity index (χ4n) is 1.89. The number of nitro groups is 1. The van der Waals surface area contributed by atoms with Crippen molar-refractivity contribution in [3.8, 4) is 0 Å². The molecule has 0 amide bonds. The third kappa shape index (κ3) is 1.88. The Balaban J connectivity index is 2.32. The second kappa shape index (κ2) is 3.92. The van der Waals surface area contributed by atoms with Crippen molar-refractivity contribution in [3.63, 3.8) is 0 Å². The molecule has 16 heavy (non-hydrogen) atoms. The van der Waals surface area contributed by atoms with Gasteiger partial charge in [0.25, 0.3) is 5.69 Å².